The molecule has 0 unspecified atom stereocenters. The summed E-state index contributed by atoms with van der Waals surface area (Å²) in [5.74, 6) is 1.02. The molecule has 0 aliphatic heterocycles. The Balaban J connectivity index is 2.17. The summed E-state index contributed by atoms with van der Waals surface area (Å²) in [7, 11) is 1.63. The molecule has 3 aromatic rings. The molecule has 3 rings (SSSR count). The molecule has 0 fully saturated rings. The monoisotopic (exact) mass is 363 g/mol. The fraction of sp³-hybridized carbons (Fsp3) is 0.105. The van der Waals surface area contributed by atoms with E-state index >= 15 is 0 Å². The standard InChI is InChI=1S/C19H13N3OS2/c1-23-14-6-4-13(5-7-14)17-11-15(18-3-2-9-24-18)16(12-21)19(22-17)25-10-8-20/h2-7,9,11H,10H2,1H3. The molecule has 0 spiro atoms. The van der Waals surface area contributed by atoms with E-state index in [9.17, 15) is 5.26 Å². The highest BCUT2D eigenvalue weighted by molar-refractivity contribution is 7.99. The minimum Gasteiger partial charge on any atom is -0.497 e. The number of nitriles is 2. The molecule has 0 N–H and O–H groups in total. The van der Waals surface area contributed by atoms with E-state index in [0.717, 1.165) is 27.4 Å². The van der Waals surface area contributed by atoms with E-state index in [-0.39, 0.29) is 5.75 Å². The van der Waals surface area contributed by atoms with Crippen LogP contribution in [0.15, 0.2) is 52.9 Å². The third-order valence-electron chi connectivity index (χ3n) is 3.54. The van der Waals surface area contributed by atoms with Crippen LogP contribution in [0.2, 0.25) is 0 Å². The molecule has 1 aromatic carbocycles. The Kier molecular flexibility index (Phi) is 5.35. The number of nitrogens with zero attached hydrogens (tertiary/aromatic N) is 3. The van der Waals surface area contributed by atoms with Gasteiger partial charge >= 0.3 is 0 Å². The second kappa shape index (κ2) is 7.85. The first kappa shape index (κ1) is 17.0. The Hall–Kier alpha value is -2.80. The summed E-state index contributed by atoms with van der Waals surface area (Å²) in [5, 5.41) is 21.1. The Labute approximate surface area is 154 Å². The maximum Gasteiger partial charge on any atom is 0.118 e. The summed E-state index contributed by atoms with van der Waals surface area (Å²) in [6, 6.07) is 17.8. The minimum absolute atomic E-state index is 0.248. The van der Waals surface area contributed by atoms with E-state index in [1.54, 1.807) is 18.4 Å². The number of thioether (sulfide) groups is 1. The van der Waals surface area contributed by atoms with Gasteiger partial charge in [0.15, 0.2) is 0 Å². The highest BCUT2D eigenvalue weighted by atomic mass is 32.2. The Bertz CT molecular complexity index is 952. The Morgan fingerprint density at radius 1 is 1.20 bits per heavy atom. The van der Waals surface area contributed by atoms with Crippen molar-refractivity contribution in [2.45, 2.75) is 5.03 Å². The van der Waals surface area contributed by atoms with Crippen LogP contribution < -0.4 is 4.74 Å². The van der Waals surface area contributed by atoms with Crippen LogP contribution >= 0.6 is 23.1 Å². The Morgan fingerprint density at radius 3 is 2.60 bits per heavy atom. The van der Waals surface area contributed by atoms with Gasteiger partial charge in [-0.3, -0.25) is 0 Å². The average molecular weight is 363 g/mol. The second-order valence-electron chi connectivity index (χ2n) is 5.00. The summed E-state index contributed by atoms with van der Waals surface area (Å²) in [6.07, 6.45) is 0. The molecular formula is C19H13N3OS2. The molecule has 0 atom stereocenters. The lowest BCUT2D eigenvalue weighted by atomic mass is 10.0. The van der Waals surface area contributed by atoms with Gasteiger partial charge in [0.1, 0.15) is 16.8 Å². The van der Waals surface area contributed by atoms with E-state index < -0.39 is 0 Å². The number of ether oxygens (including phenoxy) is 1. The van der Waals surface area contributed by atoms with Crippen molar-refractivity contribution in [3.8, 4) is 39.6 Å². The number of hydrogen-bond acceptors (Lipinski definition) is 6. The molecule has 0 aliphatic carbocycles. The number of rotatable bonds is 5. The lowest BCUT2D eigenvalue weighted by Crippen LogP contribution is -1.95. The summed E-state index contributed by atoms with van der Waals surface area (Å²) in [6.45, 7) is 0. The molecule has 0 radical (unpaired) electrons. The highest BCUT2D eigenvalue weighted by Crippen LogP contribution is 2.36. The number of aromatic nitrogens is 1. The van der Waals surface area contributed by atoms with Crippen molar-refractivity contribution in [2.75, 3.05) is 12.9 Å². The van der Waals surface area contributed by atoms with Gasteiger partial charge in [-0.2, -0.15) is 10.5 Å². The number of hydrogen-bond donors (Lipinski definition) is 0. The fourth-order valence-corrected chi connectivity index (χ4v) is 3.78. The van der Waals surface area contributed by atoms with E-state index in [0.29, 0.717) is 10.6 Å². The first-order valence-corrected chi connectivity index (χ1v) is 9.26. The van der Waals surface area contributed by atoms with Crippen molar-refractivity contribution >= 4 is 23.1 Å². The van der Waals surface area contributed by atoms with Crippen molar-refractivity contribution in [1.82, 2.24) is 4.98 Å². The molecule has 25 heavy (non-hydrogen) atoms. The molecule has 6 heteroatoms. The quantitative estimate of drug-likeness (QED) is 0.598. The summed E-state index contributed by atoms with van der Waals surface area (Å²) < 4.78 is 5.20. The van der Waals surface area contributed by atoms with E-state index in [1.807, 2.05) is 47.8 Å². The predicted octanol–water partition coefficient (Wildman–Crippen LogP) is 4.97. The number of pyridine rings is 1. The molecule has 2 heterocycles. The fourth-order valence-electron chi connectivity index (χ4n) is 2.37. The lowest BCUT2D eigenvalue weighted by Gasteiger charge is -2.11. The number of methoxy groups -OCH3 is 1. The smallest absolute Gasteiger partial charge is 0.118 e. The molecule has 0 aliphatic rings. The zero-order valence-corrected chi connectivity index (χ0v) is 15.0. The van der Waals surface area contributed by atoms with Crippen LogP contribution in [0.4, 0.5) is 0 Å². The molecule has 4 nitrogen and oxygen atoms in total. The maximum absolute atomic E-state index is 9.63. The van der Waals surface area contributed by atoms with Gasteiger partial charge in [-0.15, -0.1) is 11.3 Å². The first-order chi connectivity index (χ1) is 12.3. The SMILES string of the molecule is COc1ccc(-c2cc(-c3cccs3)c(C#N)c(SCC#N)n2)cc1. The van der Waals surface area contributed by atoms with Gasteiger partial charge in [0.05, 0.1) is 30.2 Å². The second-order valence-corrected chi connectivity index (χ2v) is 6.91. The first-order valence-electron chi connectivity index (χ1n) is 7.40. The van der Waals surface area contributed by atoms with Gasteiger partial charge in [-0.25, -0.2) is 4.98 Å². The summed E-state index contributed by atoms with van der Waals surface area (Å²) >= 11 is 2.86. The van der Waals surface area contributed by atoms with Crippen molar-refractivity contribution in [2.24, 2.45) is 0 Å². The van der Waals surface area contributed by atoms with Crippen LogP contribution in [0.3, 0.4) is 0 Å². The van der Waals surface area contributed by atoms with Crippen LogP contribution in [-0.2, 0) is 0 Å². The highest BCUT2D eigenvalue weighted by Gasteiger charge is 2.16. The van der Waals surface area contributed by atoms with Gasteiger partial charge in [0.25, 0.3) is 0 Å². The normalized spacial score (nSPS) is 10.0. The van der Waals surface area contributed by atoms with Gasteiger partial charge < -0.3 is 4.74 Å². The molecule has 0 saturated carbocycles. The zero-order chi connectivity index (χ0) is 17.6. The summed E-state index contributed by atoms with van der Waals surface area (Å²) in [4.78, 5) is 5.64. The van der Waals surface area contributed by atoms with Gasteiger partial charge in [0, 0.05) is 16.0 Å². The minimum atomic E-state index is 0.248. The van der Waals surface area contributed by atoms with E-state index in [2.05, 4.69) is 17.1 Å². The molecule has 2 aromatic heterocycles. The third kappa shape index (κ3) is 3.66. The molecule has 0 saturated heterocycles. The van der Waals surface area contributed by atoms with Crippen molar-refractivity contribution in [1.29, 1.82) is 10.5 Å². The van der Waals surface area contributed by atoms with Crippen LogP contribution in [0, 0.1) is 22.7 Å². The van der Waals surface area contributed by atoms with Crippen LogP contribution in [-0.4, -0.2) is 17.8 Å². The molecule has 0 amide bonds. The van der Waals surface area contributed by atoms with E-state index in [4.69, 9.17) is 10.00 Å². The maximum atomic E-state index is 9.63. The molecule has 122 valence electrons. The average Bonchev–Trinajstić information content (AvgIpc) is 3.20. The predicted molar refractivity (Wildman–Crippen MR) is 101 cm³/mol. The lowest BCUT2D eigenvalue weighted by molar-refractivity contribution is 0.415. The van der Waals surface area contributed by atoms with Gasteiger partial charge in [-0.05, 0) is 41.8 Å². The number of thiophene rings is 1. The van der Waals surface area contributed by atoms with Crippen molar-refractivity contribution < 1.29 is 4.74 Å². The van der Waals surface area contributed by atoms with Gasteiger partial charge in [0.2, 0.25) is 0 Å². The Morgan fingerprint density at radius 2 is 2.00 bits per heavy atom. The number of benzene rings is 1. The summed E-state index contributed by atoms with van der Waals surface area (Å²) in [5.41, 5.74) is 3.06. The van der Waals surface area contributed by atoms with Crippen molar-refractivity contribution in [3.63, 3.8) is 0 Å². The van der Waals surface area contributed by atoms with Crippen LogP contribution in [0.25, 0.3) is 21.7 Å². The third-order valence-corrected chi connectivity index (χ3v) is 5.29. The van der Waals surface area contributed by atoms with Gasteiger partial charge in [-0.1, -0.05) is 17.8 Å². The van der Waals surface area contributed by atoms with Crippen LogP contribution in [0.5, 0.6) is 5.75 Å². The van der Waals surface area contributed by atoms with Crippen molar-refractivity contribution in [3.05, 3.63) is 53.4 Å². The topological polar surface area (TPSA) is 69.7 Å². The molecular weight excluding hydrogens is 350 g/mol. The van der Waals surface area contributed by atoms with Crippen LogP contribution in [0.1, 0.15) is 5.56 Å². The van der Waals surface area contributed by atoms with E-state index in [1.165, 1.54) is 11.8 Å². The molecule has 0 bridgehead atoms. The zero-order valence-electron chi connectivity index (χ0n) is 13.4. The largest absolute Gasteiger partial charge is 0.497 e.